The fourth-order valence-corrected chi connectivity index (χ4v) is 2.61. The number of nitrogens with one attached hydrogen (secondary N) is 1. The fourth-order valence-electron chi connectivity index (χ4n) is 2.61. The predicted molar refractivity (Wildman–Crippen MR) is 86.0 cm³/mol. The molecular formula is C18H16F3NO3. The Hall–Kier alpha value is -2.70. The van der Waals surface area contributed by atoms with Gasteiger partial charge in [0.05, 0.1) is 5.56 Å². The molecule has 1 amide bonds. The first-order valence-corrected chi connectivity index (χ1v) is 7.79. The Balaban J connectivity index is 1.88. The van der Waals surface area contributed by atoms with Gasteiger partial charge in [0.1, 0.15) is 0 Å². The molecule has 0 aromatic heterocycles. The van der Waals surface area contributed by atoms with Crippen molar-refractivity contribution in [2.24, 2.45) is 0 Å². The van der Waals surface area contributed by atoms with Gasteiger partial charge in [0, 0.05) is 17.3 Å². The molecule has 2 aromatic carbocycles. The molecule has 1 aliphatic heterocycles. The van der Waals surface area contributed by atoms with Crippen LogP contribution < -0.4 is 14.8 Å². The Bertz CT molecular complexity index is 803. The summed E-state index contributed by atoms with van der Waals surface area (Å²) in [5.74, 6) is 0.488. The zero-order chi connectivity index (χ0) is 18.0. The molecule has 0 saturated carbocycles. The van der Waals surface area contributed by atoms with Crippen LogP contribution in [0.25, 0.3) is 0 Å². The van der Waals surface area contributed by atoms with E-state index in [0.29, 0.717) is 23.6 Å². The summed E-state index contributed by atoms with van der Waals surface area (Å²) in [7, 11) is 0. The maximum absolute atomic E-state index is 12.8. The molecule has 1 aliphatic rings. The number of ether oxygens (including phenoxy) is 2. The zero-order valence-electron chi connectivity index (χ0n) is 13.4. The summed E-state index contributed by atoms with van der Waals surface area (Å²) < 4.78 is 49.1. The van der Waals surface area contributed by atoms with Gasteiger partial charge < -0.3 is 14.8 Å². The molecule has 0 atom stereocenters. The third kappa shape index (κ3) is 3.70. The summed E-state index contributed by atoms with van der Waals surface area (Å²) >= 11 is 0. The zero-order valence-corrected chi connectivity index (χ0v) is 13.4. The first-order valence-electron chi connectivity index (χ1n) is 7.79. The Morgan fingerprint density at radius 1 is 1.16 bits per heavy atom. The van der Waals surface area contributed by atoms with Crippen molar-refractivity contribution in [1.82, 2.24) is 0 Å². The number of carbonyl (C=O) groups is 1. The maximum Gasteiger partial charge on any atom is 0.416 e. The monoisotopic (exact) mass is 351 g/mol. The molecule has 0 unspecified atom stereocenters. The van der Waals surface area contributed by atoms with Crippen molar-refractivity contribution in [2.45, 2.75) is 25.9 Å². The summed E-state index contributed by atoms with van der Waals surface area (Å²) in [6.45, 7) is 2.09. The van der Waals surface area contributed by atoms with Crippen LogP contribution in [0, 0.1) is 0 Å². The quantitative estimate of drug-likeness (QED) is 0.873. The van der Waals surface area contributed by atoms with Crippen molar-refractivity contribution < 1.29 is 27.4 Å². The molecule has 3 rings (SSSR count). The maximum atomic E-state index is 12.8. The highest BCUT2D eigenvalue weighted by molar-refractivity contribution is 6.05. The molecule has 0 fully saturated rings. The van der Waals surface area contributed by atoms with Crippen LogP contribution in [-0.2, 0) is 12.6 Å². The molecule has 0 radical (unpaired) electrons. The van der Waals surface area contributed by atoms with Crippen LogP contribution in [-0.4, -0.2) is 12.7 Å². The van der Waals surface area contributed by atoms with Gasteiger partial charge in [0.2, 0.25) is 6.79 Å². The number of hydrogen-bond donors (Lipinski definition) is 1. The van der Waals surface area contributed by atoms with E-state index in [1.165, 1.54) is 12.1 Å². The van der Waals surface area contributed by atoms with E-state index < -0.39 is 17.6 Å². The van der Waals surface area contributed by atoms with Crippen molar-refractivity contribution in [3.8, 4) is 11.5 Å². The smallest absolute Gasteiger partial charge is 0.416 e. The first-order chi connectivity index (χ1) is 11.9. The summed E-state index contributed by atoms with van der Waals surface area (Å²) in [6.07, 6.45) is -2.97. The van der Waals surface area contributed by atoms with Gasteiger partial charge in [-0.15, -0.1) is 0 Å². The van der Waals surface area contributed by atoms with E-state index in [4.69, 9.17) is 9.47 Å². The van der Waals surface area contributed by atoms with Crippen molar-refractivity contribution in [1.29, 1.82) is 0 Å². The summed E-state index contributed by atoms with van der Waals surface area (Å²) in [5.41, 5.74) is 0.426. The number of aryl methyl sites for hydroxylation is 1. The lowest BCUT2D eigenvalue weighted by Gasteiger charge is -2.13. The van der Waals surface area contributed by atoms with E-state index in [-0.39, 0.29) is 12.4 Å². The van der Waals surface area contributed by atoms with Gasteiger partial charge in [-0.1, -0.05) is 19.4 Å². The molecule has 7 heteroatoms. The summed E-state index contributed by atoms with van der Waals surface area (Å²) in [6, 6.07) is 7.75. The van der Waals surface area contributed by atoms with Gasteiger partial charge in [-0.05, 0) is 36.2 Å². The highest BCUT2D eigenvalue weighted by Gasteiger charge is 2.31. The molecule has 25 heavy (non-hydrogen) atoms. The van der Waals surface area contributed by atoms with E-state index >= 15 is 0 Å². The van der Waals surface area contributed by atoms with Crippen molar-refractivity contribution in [3.63, 3.8) is 0 Å². The van der Waals surface area contributed by atoms with Gasteiger partial charge in [-0.2, -0.15) is 13.2 Å². The van der Waals surface area contributed by atoms with E-state index in [2.05, 4.69) is 5.32 Å². The molecule has 0 bridgehead atoms. The number of carbonyl (C=O) groups excluding carboxylic acids is 1. The SMILES string of the molecule is CCCc1cc2c(cc1NC(=O)c1cccc(C(F)(F)F)c1)OCO2. The lowest BCUT2D eigenvalue weighted by molar-refractivity contribution is -0.137. The summed E-state index contributed by atoms with van der Waals surface area (Å²) in [4.78, 5) is 12.4. The van der Waals surface area contributed by atoms with Crippen molar-refractivity contribution >= 4 is 11.6 Å². The van der Waals surface area contributed by atoms with Crippen LogP contribution in [0.3, 0.4) is 0 Å². The minimum absolute atomic E-state index is 0.0602. The normalized spacial score (nSPS) is 13.0. The van der Waals surface area contributed by atoms with Crippen molar-refractivity contribution in [3.05, 3.63) is 53.1 Å². The molecule has 1 heterocycles. The average molecular weight is 351 g/mol. The second-order valence-corrected chi connectivity index (χ2v) is 5.65. The number of alkyl halides is 3. The number of fused-ring (bicyclic) bond motifs is 1. The third-order valence-corrected chi connectivity index (χ3v) is 3.82. The van der Waals surface area contributed by atoms with Crippen LogP contribution in [0.4, 0.5) is 18.9 Å². The number of rotatable bonds is 4. The molecule has 132 valence electrons. The Labute approximate surface area is 142 Å². The minimum atomic E-state index is -4.50. The molecule has 1 N–H and O–H groups in total. The van der Waals surface area contributed by atoms with Crippen LogP contribution in [0.1, 0.15) is 34.8 Å². The Morgan fingerprint density at radius 2 is 1.88 bits per heavy atom. The van der Waals surface area contributed by atoms with Gasteiger partial charge in [0.15, 0.2) is 11.5 Å². The average Bonchev–Trinajstić information content (AvgIpc) is 3.02. The van der Waals surface area contributed by atoms with Crippen LogP contribution in [0.15, 0.2) is 36.4 Å². The molecule has 0 aliphatic carbocycles. The van der Waals surface area contributed by atoms with Gasteiger partial charge in [-0.3, -0.25) is 4.79 Å². The predicted octanol–water partition coefficient (Wildman–Crippen LogP) is 4.64. The number of amides is 1. The third-order valence-electron chi connectivity index (χ3n) is 3.82. The van der Waals surface area contributed by atoms with E-state index in [1.54, 1.807) is 12.1 Å². The van der Waals surface area contributed by atoms with E-state index in [1.807, 2.05) is 6.92 Å². The fraction of sp³-hybridized carbons (Fsp3) is 0.278. The van der Waals surface area contributed by atoms with Gasteiger partial charge >= 0.3 is 6.18 Å². The lowest BCUT2D eigenvalue weighted by atomic mass is 10.1. The Morgan fingerprint density at radius 3 is 2.56 bits per heavy atom. The van der Waals surface area contributed by atoms with Crippen LogP contribution >= 0.6 is 0 Å². The standard InChI is InChI=1S/C18H16F3NO3/c1-2-4-11-8-15-16(25-10-24-15)9-14(11)22-17(23)12-5-3-6-13(7-12)18(19,20)21/h3,5-9H,2,4,10H2,1H3,(H,22,23). The molecule has 2 aromatic rings. The first kappa shape index (κ1) is 17.1. The molecule has 4 nitrogen and oxygen atoms in total. The van der Waals surface area contributed by atoms with Gasteiger partial charge in [-0.25, -0.2) is 0 Å². The van der Waals surface area contributed by atoms with Gasteiger partial charge in [0.25, 0.3) is 5.91 Å². The highest BCUT2D eigenvalue weighted by Crippen LogP contribution is 2.38. The number of hydrogen-bond acceptors (Lipinski definition) is 3. The van der Waals surface area contributed by atoms with E-state index in [9.17, 15) is 18.0 Å². The molecule has 0 spiro atoms. The largest absolute Gasteiger partial charge is 0.454 e. The molecule has 0 saturated heterocycles. The number of halogens is 3. The van der Waals surface area contributed by atoms with Crippen LogP contribution in [0.5, 0.6) is 11.5 Å². The Kier molecular flexibility index (Phi) is 4.57. The second-order valence-electron chi connectivity index (χ2n) is 5.65. The second kappa shape index (κ2) is 6.66. The summed E-state index contributed by atoms with van der Waals surface area (Å²) in [5, 5.41) is 2.68. The van der Waals surface area contributed by atoms with Crippen LogP contribution in [0.2, 0.25) is 0 Å². The lowest BCUT2D eigenvalue weighted by Crippen LogP contribution is -2.15. The van der Waals surface area contributed by atoms with E-state index in [0.717, 1.165) is 24.1 Å². The minimum Gasteiger partial charge on any atom is -0.454 e. The molecular weight excluding hydrogens is 335 g/mol. The highest BCUT2D eigenvalue weighted by atomic mass is 19.4. The number of anilines is 1. The van der Waals surface area contributed by atoms with Crippen molar-refractivity contribution in [2.75, 3.05) is 12.1 Å². The topological polar surface area (TPSA) is 47.6 Å². The number of benzene rings is 2.